The first-order valence-electron chi connectivity index (χ1n) is 4.77. The number of hydrogen-bond donors (Lipinski definition) is 2. The monoisotopic (exact) mass is 213 g/mol. The minimum Gasteiger partial charge on any atom is -0.383 e. The third kappa shape index (κ3) is 2.59. The van der Waals surface area contributed by atoms with Gasteiger partial charge in [-0.2, -0.15) is 0 Å². The number of anilines is 1. The fraction of sp³-hybridized carbons (Fsp3) is 0.500. The van der Waals surface area contributed by atoms with Gasteiger partial charge in [0.15, 0.2) is 0 Å². The molecule has 14 heavy (non-hydrogen) atoms. The summed E-state index contributed by atoms with van der Waals surface area (Å²) < 4.78 is 0. The number of nitrogen functional groups attached to an aromatic ring is 1. The zero-order valence-electron chi connectivity index (χ0n) is 8.55. The van der Waals surface area contributed by atoms with E-state index in [-0.39, 0.29) is 6.04 Å². The molecule has 0 radical (unpaired) electrons. The van der Waals surface area contributed by atoms with Crippen molar-refractivity contribution in [3.63, 3.8) is 0 Å². The van der Waals surface area contributed by atoms with Crippen LogP contribution in [-0.2, 0) is 0 Å². The number of aromatic nitrogens is 1. The average molecular weight is 214 g/mol. The molecule has 3 N–H and O–H groups in total. The summed E-state index contributed by atoms with van der Waals surface area (Å²) in [6, 6.07) is 2.12. The maximum atomic E-state index is 5.87. The number of nitrogens with one attached hydrogen (secondary N) is 1. The smallest absolute Gasteiger partial charge is 0.128 e. The molecular formula is C10H16ClN3. The van der Waals surface area contributed by atoms with Crippen LogP contribution >= 0.6 is 11.6 Å². The summed E-state index contributed by atoms with van der Waals surface area (Å²) in [5.41, 5.74) is 6.77. The fourth-order valence-electron chi connectivity index (χ4n) is 1.49. The van der Waals surface area contributed by atoms with E-state index in [1.165, 1.54) is 0 Å². The molecule has 0 bridgehead atoms. The van der Waals surface area contributed by atoms with Crippen molar-refractivity contribution >= 4 is 17.4 Å². The predicted molar refractivity (Wildman–Crippen MR) is 60.4 cm³/mol. The highest BCUT2D eigenvalue weighted by Crippen LogP contribution is 2.24. The van der Waals surface area contributed by atoms with Crippen molar-refractivity contribution in [1.29, 1.82) is 0 Å². The van der Waals surface area contributed by atoms with Gasteiger partial charge in [-0.1, -0.05) is 24.9 Å². The molecule has 1 rings (SSSR count). The van der Waals surface area contributed by atoms with Crippen LogP contribution in [0.4, 0.5) is 5.82 Å². The first kappa shape index (κ1) is 11.3. The van der Waals surface area contributed by atoms with Crippen LogP contribution in [0.2, 0.25) is 5.02 Å². The first-order chi connectivity index (χ1) is 6.69. The predicted octanol–water partition coefficient (Wildman–Crippen LogP) is 2.38. The molecule has 0 aliphatic heterocycles. The Bertz CT molecular complexity index is 301. The van der Waals surface area contributed by atoms with E-state index in [1.54, 1.807) is 6.20 Å². The summed E-state index contributed by atoms with van der Waals surface area (Å²) in [5.74, 6) is 0.558. The van der Waals surface area contributed by atoms with E-state index in [2.05, 4.69) is 17.2 Å². The van der Waals surface area contributed by atoms with Crippen LogP contribution in [-0.4, -0.2) is 12.0 Å². The van der Waals surface area contributed by atoms with Gasteiger partial charge in [-0.05, 0) is 19.5 Å². The summed E-state index contributed by atoms with van der Waals surface area (Å²) in [4.78, 5) is 4.04. The van der Waals surface area contributed by atoms with E-state index >= 15 is 0 Å². The Morgan fingerprint density at radius 2 is 2.36 bits per heavy atom. The molecular weight excluding hydrogens is 198 g/mol. The number of rotatable bonds is 4. The fourth-order valence-corrected chi connectivity index (χ4v) is 1.65. The minimum atomic E-state index is 0.242. The average Bonchev–Trinajstić information content (AvgIpc) is 2.18. The standard InChI is InChI=1S/C10H16ClN3/c1-3-4-9(13-2)8-5-7(11)6-14-10(8)12/h5-6,9,13H,3-4H2,1-2H3,(H2,12,14). The van der Waals surface area contributed by atoms with Crippen molar-refractivity contribution in [1.82, 2.24) is 10.3 Å². The van der Waals surface area contributed by atoms with E-state index in [9.17, 15) is 0 Å². The number of nitrogens with two attached hydrogens (primary N) is 1. The van der Waals surface area contributed by atoms with Gasteiger partial charge in [0.2, 0.25) is 0 Å². The van der Waals surface area contributed by atoms with Crippen molar-refractivity contribution in [3.8, 4) is 0 Å². The van der Waals surface area contributed by atoms with Crippen LogP contribution in [0.3, 0.4) is 0 Å². The Balaban J connectivity index is 2.96. The highest BCUT2D eigenvalue weighted by molar-refractivity contribution is 6.30. The summed E-state index contributed by atoms with van der Waals surface area (Å²) in [6.07, 6.45) is 3.69. The molecule has 0 amide bonds. The molecule has 0 aliphatic carbocycles. The molecule has 3 nitrogen and oxygen atoms in total. The van der Waals surface area contributed by atoms with Crippen LogP contribution in [0.15, 0.2) is 12.3 Å². The molecule has 0 aromatic carbocycles. The van der Waals surface area contributed by atoms with Crippen molar-refractivity contribution in [2.24, 2.45) is 0 Å². The van der Waals surface area contributed by atoms with Gasteiger partial charge < -0.3 is 11.1 Å². The lowest BCUT2D eigenvalue weighted by atomic mass is 10.0. The van der Waals surface area contributed by atoms with E-state index in [1.807, 2.05) is 13.1 Å². The lowest BCUT2D eigenvalue weighted by Crippen LogP contribution is -2.18. The molecule has 0 fully saturated rings. The van der Waals surface area contributed by atoms with Crippen LogP contribution in [0.1, 0.15) is 31.4 Å². The maximum Gasteiger partial charge on any atom is 0.128 e. The molecule has 0 saturated carbocycles. The van der Waals surface area contributed by atoms with Crippen LogP contribution in [0.5, 0.6) is 0 Å². The molecule has 78 valence electrons. The molecule has 0 saturated heterocycles. The molecule has 0 spiro atoms. The second kappa shape index (κ2) is 5.17. The molecule has 1 unspecified atom stereocenters. The van der Waals surface area contributed by atoms with Crippen LogP contribution in [0.25, 0.3) is 0 Å². The van der Waals surface area contributed by atoms with Gasteiger partial charge in [0.05, 0.1) is 5.02 Å². The van der Waals surface area contributed by atoms with Crippen molar-refractivity contribution in [2.45, 2.75) is 25.8 Å². The summed E-state index contributed by atoms with van der Waals surface area (Å²) in [5, 5.41) is 3.84. The molecule has 1 heterocycles. The lowest BCUT2D eigenvalue weighted by Gasteiger charge is -2.17. The van der Waals surface area contributed by atoms with Crippen molar-refractivity contribution < 1.29 is 0 Å². The molecule has 1 aromatic rings. The SMILES string of the molecule is CCCC(NC)c1cc(Cl)cnc1N. The Hall–Kier alpha value is -0.800. The van der Waals surface area contributed by atoms with E-state index in [0.717, 1.165) is 18.4 Å². The van der Waals surface area contributed by atoms with Gasteiger partial charge in [-0.25, -0.2) is 4.98 Å². The van der Waals surface area contributed by atoms with Crippen LogP contribution in [0, 0.1) is 0 Å². The zero-order chi connectivity index (χ0) is 10.6. The summed E-state index contributed by atoms with van der Waals surface area (Å²) in [7, 11) is 1.92. The topological polar surface area (TPSA) is 50.9 Å². The second-order valence-electron chi connectivity index (χ2n) is 3.26. The molecule has 1 aromatic heterocycles. The van der Waals surface area contributed by atoms with Gasteiger partial charge in [0.1, 0.15) is 5.82 Å². The Morgan fingerprint density at radius 1 is 1.64 bits per heavy atom. The Labute approximate surface area is 89.7 Å². The van der Waals surface area contributed by atoms with Gasteiger partial charge in [-0.3, -0.25) is 0 Å². The van der Waals surface area contributed by atoms with Gasteiger partial charge >= 0.3 is 0 Å². The first-order valence-corrected chi connectivity index (χ1v) is 5.15. The normalized spacial score (nSPS) is 12.8. The van der Waals surface area contributed by atoms with E-state index < -0.39 is 0 Å². The number of hydrogen-bond acceptors (Lipinski definition) is 3. The zero-order valence-corrected chi connectivity index (χ0v) is 9.30. The van der Waals surface area contributed by atoms with Crippen molar-refractivity contribution in [3.05, 3.63) is 22.8 Å². The third-order valence-corrected chi connectivity index (χ3v) is 2.42. The second-order valence-corrected chi connectivity index (χ2v) is 3.69. The molecule has 0 aliphatic rings. The largest absolute Gasteiger partial charge is 0.383 e. The highest BCUT2D eigenvalue weighted by Gasteiger charge is 2.12. The number of nitrogens with zero attached hydrogens (tertiary/aromatic N) is 1. The Kier molecular flexibility index (Phi) is 4.17. The summed E-state index contributed by atoms with van der Waals surface area (Å²) in [6.45, 7) is 2.14. The maximum absolute atomic E-state index is 5.87. The number of halogens is 1. The van der Waals surface area contributed by atoms with Gasteiger partial charge in [-0.15, -0.1) is 0 Å². The lowest BCUT2D eigenvalue weighted by molar-refractivity contribution is 0.542. The Morgan fingerprint density at radius 3 is 2.93 bits per heavy atom. The minimum absolute atomic E-state index is 0.242. The quantitative estimate of drug-likeness (QED) is 0.808. The van der Waals surface area contributed by atoms with Gasteiger partial charge in [0, 0.05) is 17.8 Å². The van der Waals surface area contributed by atoms with Crippen molar-refractivity contribution in [2.75, 3.05) is 12.8 Å². The molecule has 4 heteroatoms. The third-order valence-electron chi connectivity index (χ3n) is 2.22. The highest BCUT2D eigenvalue weighted by atomic mass is 35.5. The van der Waals surface area contributed by atoms with Crippen LogP contribution < -0.4 is 11.1 Å². The number of pyridine rings is 1. The summed E-state index contributed by atoms with van der Waals surface area (Å²) >= 11 is 5.87. The van der Waals surface area contributed by atoms with Gasteiger partial charge in [0.25, 0.3) is 0 Å². The van der Waals surface area contributed by atoms with E-state index in [4.69, 9.17) is 17.3 Å². The molecule has 1 atom stereocenters. The van der Waals surface area contributed by atoms with E-state index in [0.29, 0.717) is 10.8 Å².